The van der Waals surface area contributed by atoms with Crippen LogP contribution >= 0.6 is 0 Å². The van der Waals surface area contributed by atoms with E-state index in [1.807, 2.05) is 18.2 Å². The number of amides is 1. The average molecular weight is 322 g/mol. The molecule has 126 valence electrons. The summed E-state index contributed by atoms with van der Waals surface area (Å²) in [6.07, 6.45) is 5.95. The second kappa shape index (κ2) is 5.58. The van der Waals surface area contributed by atoms with Gasteiger partial charge in [-0.25, -0.2) is 4.98 Å². The van der Waals surface area contributed by atoms with Crippen molar-refractivity contribution in [1.82, 2.24) is 4.98 Å². The molecule has 1 aromatic heterocycles. The van der Waals surface area contributed by atoms with Gasteiger partial charge in [0.15, 0.2) is 0 Å². The molecule has 1 atom stereocenters. The smallest absolute Gasteiger partial charge is 0.236 e. The maximum atomic E-state index is 13.4. The molecule has 1 unspecified atom stereocenters. The molecule has 24 heavy (non-hydrogen) atoms. The first-order valence-electron chi connectivity index (χ1n) is 9.19. The molecule has 2 heterocycles. The standard InChI is InChI=1S/C21H26N2O/c1-21(2,3)18-16-13-14-9-7-8-12-17(14)22-19(16)23(20(18)24)15-10-5-4-6-11-15/h7-9,12-13,15,18H,4-6,10-11H2,1-3H3. The largest absolute Gasteiger partial charge is 0.293 e. The molecule has 1 aliphatic carbocycles. The zero-order valence-corrected chi connectivity index (χ0v) is 14.9. The number of para-hydroxylation sites is 1. The summed E-state index contributed by atoms with van der Waals surface area (Å²) in [6, 6.07) is 10.7. The minimum atomic E-state index is -0.0978. The molecule has 1 saturated carbocycles. The van der Waals surface area contributed by atoms with Crippen molar-refractivity contribution in [2.45, 2.75) is 64.8 Å². The Morgan fingerprint density at radius 1 is 1.08 bits per heavy atom. The molecular formula is C21H26N2O. The van der Waals surface area contributed by atoms with Gasteiger partial charge in [0.05, 0.1) is 11.4 Å². The van der Waals surface area contributed by atoms with E-state index in [-0.39, 0.29) is 17.2 Å². The van der Waals surface area contributed by atoms with Gasteiger partial charge < -0.3 is 0 Å². The van der Waals surface area contributed by atoms with Gasteiger partial charge in [0.2, 0.25) is 5.91 Å². The van der Waals surface area contributed by atoms with E-state index < -0.39 is 0 Å². The summed E-state index contributed by atoms with van der Waals surface area (Å²) >= 11 is 0. The summed E-state index contributed by atoms with van der Waals surface area (Å²) < 4.78 is 0. The van der Waals surface area contributed by atoms with Crippen molar-refractivity contribution < 1.29 is 4.79 Å². The summed E-state index contributed by atoms with van der Waals surface area (Å²) in [6.45, 7) is 6.50. The quantitative estimate of drug-likeness (QED) is 0.736. The van der Waals surface area contributed by atoms with Gasteiger partial charge in [-0.15, -0.1) is 0 Å². The highest BCUT2D eigenvalue weighted by molar-refractivity contribution is 6.06. The zero-order valence-electron chi connectivity index (χ0n) is 14.9. The molecule has 1 fully saturated rings. The highest BCUT2D eigenvalue weighted by Gasteiger charge is 2.47. The van der Waals surface area contributed by atoms with E-state index in [0.29, 0.717) is 6.04 Å². The van der Waals surface area contributed by atoms with Crippen molar-refractivity contribution in [3.63, 3.8) is 0 Å². The minimum Gasteiger partial charge on any atom is -0.293 e. The molecule has 3 heteroatoms. The van der Waals surface area contributed by atoms with Gasteiger partial charge >= 0.3 is 0 Å². The first-order chi connectivity index (χ1) is 11.5. The lowest BCUT2D eigenvalue weighted by molar-refractivity contribution is -0.122. The number of rotatable bonds is 1. The maximum absolute atomic E-state index is 13.4. The number of fused-ring (bicyclic) bond motifs is 2. The molecule has 0 radical (unpaired) electrons. The normalized spacial score (nSPS) is 22.2. The number of carbonyl (C=O) groups is 1. The monoisotopic (exact) mass is 322 g/mol. The molecule has 0 saturated heterocycles. The van der Waals surface area contributed by atoms with Gasteiger partial charge in [0, 0.05) is 17.0 Å². The van der Waals surface area contributed by atoms with E-state index in [0.717, 1.165) is 35.1 Å². The predicted molar refractivity (Wildman–Crippen MR) is 98.3 cm³/mol. The third-order valence-corrected chi connectivity index (χ3v) is 5.56. The molecule has 1 amide bonds. The Kier molecular flexibility index (Phi) is 3.63. The molecule has 1 aromatic carbocycles. The Labute approximate surface area is 144 Å². The molecule has 1 aliphatic heterocycles. The molecule has 2 aromatic rings. The highest BCUT2D eigenvalue weighted by Crippen LogP contribution is 2.48. The van der Waals surface area contributed by atoms with Crippen molar-refractivity contribution >= 4 is 22.6 Å². The molecule has 0 spiro atoms. The number of pyridine rings is 1. The second-order valence-corrected chi connectivity index (χ2v) is 8.39. The van der Waals surface area contributed by atoms with Crippen molar-refractivity contribution in [3.8, 4) is 0 Å². The van der Waals surface area contributed by atoms with Gasteiger partial charge in [-0.1, -0.05) is 58.2 Å². The number of benzene rings is 1. The van der Waals surface area contributed by atoms with E-state index in [9.17, 15) is 4.79 Å². The lowest BCUT2D eigenvalue weighted by Crippen LogP contribution is -2.42. The van der Waals surface area contributed by atoms with Gasteiger partial charge in [-0.3, -0.25) is 9.69 Å². The fourth-order valence-corrected chi connectivity index (χ4v) is 4.43. The van der Waals surface area contributed by atoms with Crippen LogP contribution in [0.4, 0.5) is 5.82 Å². The Hall–Kier alpha value is -1.90. The molecule has 2 aliphatic rings. The van der Waals surface area contributed by atoms with Gasteiger partial charge in [0.25, 0.3) is 0 Å². The van der Waals surface area contributed by atoms with E-state index in [4.69, 9.17) is 4.98 Å². The topological polar surface area (TPSA) is 33.2 Å². The van der Waals surface area contributed by atoms with Crippen molar-refractivity contribution in [1.29, 1.82) is 0 Å². The van der Waals surface area contributed by atoms with Crippen molar-refractivity contribution in [2.24, 2.45) is 5.41 Å². The van der Waals surface area contributed by atoms with E-state index in [1.54, 1.807) is 0 Å². The van der Waals surface area contributed by atoms with Crippen LogP contribution in [0, 0.1) is 5.41 Å². The van der Waals surface area contributed by atoms with Crippen LogP contribution in [0.5, 0.6) is 0 Å². The van der Waals surface area contributed by atoms with Crippen molar-refractivity contribution in [2.75, 3.05) is 4.90 Å². The maximum Gasteiger partial charge on any atom is 0.236 e. The summed E-state index contributed by atoms with van der Waals surface area (Å²) in [5.41, 5.74) is 2.01. The van der Waals surface area contributed by atoms with Gasteiger partial charge in [-0.05, 0) is 30.4 Å². The molecule has 3 nitrogen and oxygen atoms in total. The van der Waals surface area contributed by atoms with Crippen molar-refractivity contribution in [3.05, 3.63) is 35.9 Å². The predicted octanol–water partition coefficient (Wildman–Crippen LogP) is 5.04. The Balaban J connectivity index is 1.89. The van der Waals surface area contributed by atoms with E-state index in [1.165, 1.54) is 19.3 Å². The third-order valence-electron chi connectivity index (χ3n) is 5.56. The number of hydrogen-bond acceptors (Lipinski definition) is 2. The molecule has 0 bridgehead atoms. The van der Waals surface area contributed by atoms with Crippen LogP contribution in [0.1, 0.15) is 64.4 Å². The number of anilines is 1. The number of carbonyl (C=O) groups excluding carboxylic acids is 1. The van der Waals surface area contributed by atoms with Crippen LogP contribution in [-0.2, 0) is 4.79 Å². The second-order valence-electron chi connectivity index (χ2n) is 8.39. The van der Waals surface area contributed by atoms with Gasteiger partial charge in [0.1, 0.15) is 5.82 Å². The van der Waals surface area contributed by atoms with Gasteiger partial charge in [-0.2, -0.15) is 0 Å². The lowest BCUT2D eigenvalue weighted by atomic mass is 9.77. The fourth-order valence-electron chi connectivity index (χ4n) is 4.43. The SMILES string of the molecule is CC(C)(C)C1C(=O)N(C2CCCCC2)c2nc3ccccc3cc21. The summed E-state index contributed by atoms with van der Waals surface area (Å²) in [5.74, 6) is 1.09. The Bertz CT molecular complexity index is 784. The van der Waals surface area contributed by atoms with Crippen LogP contribution in [0.2, 0.25) is 0 Å². The first kappa shape index (κ1) is 15.6. The first-order valence-corrected chi connectivity index (χ1v) is 9.19. The zero-order chi connectivity index (χ0) is 16.9. The fraction of sp³-hybridized carbons (Fsp3) is 0.524. The number of nitrogens with zero attached hydrogens (tertiary/aromatic N) is 2. The number of hydrogen-bond donors (Lipinski definition) is 0. The Morgan fingerprint density at radius 3 is 2.50 bits per heavy atom. The summed E-state index contributed by atoms with van der Waals surface area (Å²) in [4.78, 5) is 20.4. The highest BCUT2D eigenvalue weighted by atomic mass is 16.2. The van der Waals surface area contributed by atoms with Crippen LogP contribution in [0.25, 0.3) is 10.9 Å². The third kappa shape index (κ3) is 2.42. The summed E-state index contributed by atoms with van der Waals surface area (Å²) in [7, 11) is 0. The lowest BCUT2D eigenvalue weighted by Gasteiger charge is -2.32. The van der Waals surface area contributed by atoms with E-state index >= 15 is 0 Å². The van der Waals surface area contributed by atoms with Crippen LogP contribution in [-0.4, -0.2) is 16.9 Å². The van der Waals surface area contributed by atoms with Crippen LogP contribution < -0.4 is 4.90 Å². The summed E-state index contributed by atoms with van der Waals surface area (Å²) in [5, 5.41) is 1.13. The average Bonchev–Trinajstić information content (AvgIpc) is 2.84. The molecular weight excluding hydrogens is 296 g/mol. The van der Waals surface area contributed by atoms with E-state index in [2.05, 4.69) is 37.8 Å². The Morgan fingerprint density at radius 2 is 1.79 bits per heavy atom. The van der Waals surface area contributed by atoms with Crippen LogP contribution in [0.15, 0.2) is 30.3 Å². The number of aromatic nitrogens is 1. The molecule has 4 rings (SSSR count). The van der Waals surface area contributed by atoms with Crippen LogP contribution in [0.3, 0.4) is 0 Å². The molecule has 0 N–H and O–H groups in total. The minimum absolute atomic E-state index is 0.0912.